The van der Waals surface area contributed by atoms with Gasteiger partial charge in [-0.05, 0) is 33.6 Å². The van der Waals surface area contributed by atoms with Crippen LogP contribution in [0.5, 0.6) is 0 Å². The molecule has 0 saturated heterocycles. The number of hydrogen-bond acceptors (Lipinski definition) is 3. The fourth-order valence-corrected chi connectivity index (χ4v) is 2.21. The first kappa shape index (κ1) is 14.9. The van der Waals surface area contributed by atoms with Gasteiger partial charge >= 0.3 is 0 Å². The highest BCUT2D eigenvalue weighted by Gasteiger charge is 2.10. The van der Waals surface area contributed by atoms with Gasteiger partial charge in [0.15, 0.2) is 0 Å². The number of hydrogen-bond donors (Lipinski definition) is 0. The number of halogens is 2. The third-order valence-electron chi connectivity index (χ3n) is 2.94. The van der Waals surface area contributed by atoms with Crippen LogP contribution in [0, 0.1) is 5.82 Å². The van der Waals surface area contributed by atoms with Crippen molar-refractivity contribution in [3.63, 3.8) is 0 Å². The van der Waals surface area contributed by atoms with E-state index in [1.54, 1.807) is 12.1 Å². The number of rotatable bonds is 4. The molecule has 2 rings (SSSR count). The lowest BCUT2D eigenvalue weighted by molar-refractivity contribution is 0.627. The molecule has 0 atom stereocenters. The van der Waals surface area contributed by atoms with Crippen molar-refractivity contribution >= 4 is 21.7 Å². The minimum Gasteiger partial charge on any atom is -0.355 e. The fourth-order valence-electron chi connectivity index (χ4n) is 1.82. The summed E-state index contributed by atoms with van der Waals surface area (Å²) in [5.74, 6) is 1.70. The first-order valence-corrected chi connectivity index (χ1v) is 7.25. The van der Waals surface area contributed by atoms with E-state index in [0.717, 1.165) is 21.8 Å². The van der Waals surface area contributed by atoms with E-state index < -0.39 is 0 Å². The maximum atomic E-state index is 12.9. The van der Waals surface area contributed by atoms with Crippen molar-refractivity contribution < 1.29 is 4.39 Å². The molecule has 1 aromatic heterocycles. The van der Waals surface area contributed by atoms with Crippen LogP contribution >= 0.6 is 15.9 Å². The van der Waals surface area contributed by atoms with E-state index in [1.807, 2.05) is 18.0 Å². The molecule has 0 fully saturated rings. The summed E-state index contributed by atoms with van der Waals surface area (Å²) in [6.07, 6.45) is 0. The third-order valence-corrected chi connectivity index (χ3v) is 3.35. The molecule has 0 spiro atoms. The Kier molecular flexibility index (Phi) is 4.70. The number of aromatic nitrogens is 2. The highest BCUT2D eigenvalue weighted by Crippen LogP contribution is 2.21. The van der Waals surface area contributed by atoms with Crippen molar-refractivity contribution in [1.82, 2.24) is 9.97 Å². The van der Waals surface area contributed by atoms with Crippen LogP contribution in [0.25, 0.3) is 0 Å². The van der Waals surface area contributed by atoms with Gasteiger partial charge in [0.25, 0.3) is 0 Å². The second-order valence-electron chi connectivity index (χ2n) is 5.04. The predicted molar refractivity (Wildman–Crippen MR) is 82.3 cm³/mol. The molecule has 0 N–H and O–H groups in total. The largest absolute Gasteiger partial charge is 0.355 e. The van der Waals surface area contributed by atoms with E-state index in [1.165, 1.54) is 12.1 Å². The van der Waals surface area contributed by atoms with Crippen molar-refractivity contribution in [2.45, 2.75) is 26.3 Å². The Hall–Kier alpha value is -1.49. The van der Waals surface area contributed by atoms with Crippen LogP contribution in [0.2, 0.25) is 0 Å². The molecule has 0 bridgehead atoms. The summed E-state index contributed by atoms with van der Waals surface area (Å²) < 4.78 is 13.7. The van der Waals surface area contributed by atoms with Crippen LogP contribution in [0.1, 0.15) is 31.2 Å². The zero-order valence-electron chi connectivity index (χ0n) is 11.8. The molecule has 3 nitrogen and oxygen atoms in total. The summed E-state index contributed by atoms with van der Waals surface area (Å²) in [5.41, 5.74) is 1.04. The smallest absolute Gasteiger partial charge is 0.134 e. The van der Waals surface area contributed by atoms with Gasteiger partial charge in [-0.25, -0.2) is 14.4 Å². The number of nitrogens with zero attached hydrogens (tertiary/aromatic N) is 3. The van der Waals surface area contributed by atoms with Crippen LogP contribution in [-0.2, 0) is 6.54 Å². The SMILES string of the molecule is CC(C)c1nc(Br)cc(N(C)Cc2ccc(F)cc2)n1. The molecule has 0 amide bonds. The summed E-state index contributed by atoms with van der Waals surface area (Å²) >= 11 is 3.42. The topological polar surface area (TPSA) is 29.0 Å². The van der Waals surface area contributed by atoms with Gasteiger partial charge in [-0.3, -0.25) is 0 Å². The lowest BCUT2D eigenvalue weighted by atomic mass is 10.2. The quantitative estimate of drug-likeness (QED) is 0.785. The summed E-state index contributed by atoms with van der Waals surface area (Å²) in [5, 5.41) is 0. The first-order chi connectivity index (χ1) is 9.45. The summed E-state index contributed by atoms with van der Waals surface area (Å²) in [7, 11) is 1.96. The monoisotopic (exact) mass is 337 g/mol. The molecular weight excluding hydrogens is 321 g/mol. The normalized spacial score (nSPS) is 10.9. The van der Waals surface area contributed by atoms with E-state index in [9.17, 15) is 4.39 Å². The van der Waals surface area contributed by atoms with E-state index in [2.05, 4.69) is 39.7 Å². The predicted octanol–water partition coefficient (Wildman–Crippen LogP) is 4.14. The van der Waals surface area contributed by atoms with Gasteiger partial charge in [0.2, 0.25) is 0 Å². The Balaban J connectivity index is 2.20. The standard InChI is InChI=1S/C15H17BrFN3/c1-10(2)15-18-13(16)8-14(19-15)20(3)9-11-4-6-12(17)7-5-11/h4-8,10H,9H2,1-3H3. The third kappa shape index (κ3) is 3.76. The molecular formula is C15H17BrFN3. The summed E-state index contributed by atoms with van der Waals surface area (Å²) in [6, 6.07) is 8.39. The Morgan fingerprint density at radius 2 is 1.85 bits per heavy atom. The Bertz CT molecular complexity index is 584. The summed E-state index contributed by atoms with van der Waals surface area (Å²) in [6.45, 7) is 4.79. The van der Waals surface area contributed by atoms with Crippen molar-refractivity contribution in [3.05, 3.63) is 52.1 Å². The maximum absolute atomic E-state index is 12.9. The zero-order chi connectivity index (χ0) is 14.7. The van der Waals surface area contributed by atoms with Crippen LogP contribution in [-0.4, -0.2) is 17.0 Å². The van der Waals surface area contributed by atoms with Crippen LogP contribution in [0.3, 0.4) is 0 Å². The van der Waals surface area contributed by atoms with E-state index in [4.69, 9.17) is 0 Å². The average molecular weight is 338 g/mol. The Morgan fingerprint density at radius 1 is 1.20 bits per heavy atom. The van der Waals surface area contributed by atoms with Crippen molar-refractivity contribution in [2.75, 3.05) is 11.9 Å². The molecule has 5 heteroatoms. The molecule has 1 aromatic carbocycles. The highest BCUT2D eigenvalue weighted by atomic mass is 79.9. The Morgan fingerprint density at radius 3 is 2.45 bits per heavy atom. The lowest BCUT2D eigenvalue weighted by Gasteiger charge is -2.19. The van der Waals surface area contributed by atoms with Crippen LogP contribution < -0.4 is 4.90 Å². The molecule has 106 valence electrons. The van der Waals surface area contributed by atoms with E-state index in [0.29, 0.717) is 6.54 Å². The van der Waals surface area contributed by atoms with Gasteiger partial charge in [0, 0.05) is 25.6 Å². The lowest BCUT2D eigenvalue weighted by Crippen LogP contribution is -2.19. The van der Waals surface area contributed by atoms with Gasteiger partial charge < -0.3 is 4.90 Å². The molecule has 0 radical (unpaired) electrons. The van der Waals surface area contributed by atoms with Gasteiger partial charge in [0.05, 0.1) is 0 Å². The summed E-state index contributed by atoms with van der Waals surface area (Å²) in [4.78, 5) is 10.9. The molecule has 0 saturated carbocycles. The average Bonchev–Trinajstić information content (AvgIpc) is 2.40. The van der Waals surface area contributed by atoms with E-state index >= 15 is 0 Å². The minimum atomic E-state index is -0.219. The highest BCUT2D eigenvalue weighted by molar-refractivity contribution is 9.10. The van der Waals surface area contributed by atoms with Gasteiger partial charge in [-0.2, -0.15) is 0 Å². The van der Waals surface area contributed by atoms with Crippen molar-refractivity contribution in [1.29, 1.82) is 0 Å². The molecule has 0 aliphatic carbocycles. The molecule has 20 heavy (non-hydrogen) atoms. The first-order valence-electron chi connectivity index (χ1n) is 6.46. The molecule has 0 aliphatic heterocycles. The van der Waals surface area contributed by atoms with Gasteiger partial charge in [-0.1, -0.05) is 26.0 Å². The molecule has 0 aliphatic rings. The van der Waals surface area contributed by atoms with Gasteiger partial charge in [0.1, 0.15) is 22.1 Å². The zero-order valence-corrected chi connectivity index (χ0v) is 13.4. The molecule has 1 heterocycles. The number of benzene rings is 1. The van der Waals surface area contributed by atoms with Crippen LogP contribution in [0.4, 0.5) is 10.2 Å². The van der Waals surface area contributed by atoms with Crippen molar-refractivity contribution in [2.24, 2.45) is 0 Å². The Labute approximate surface area is 127 Å². The number of anilines is 1. The van der Waals surface area contributed by atoms with Gasteiger partial charge in [-0.15, -0.1) is 0 Å². The van der Waals surface area contributed by atoms with Crippen molar-refractivity contribution in [3.8, 4) is 0 Å². The fraction of sp³-hybridized carbons (Fsp3) is 0.333. The second kappa shape index (κ2) is 6.31. The maximum Gasteiger partial charge on any atom is 0.134 e. The molecule has 0 unspecified atom stereocenters. The minimum absolute atomic E-state index is 0.219. The second-order valence-corrected chi connectivity index (χ2v) is 5.86. The van der Waals surface area contributed by atoms with Crippen LogP contribution in [0.15, 0.2) is 34.9 Å². The molecule has 2 aromatic rings. The van der Waals surface area contributed by atoms with E-state index in [-0.39, 0.29) is 11.7 Å².